The topological polar surface area (TPSA) is 58.4 Å². The average Bonchev–Trinajstić information content (AvgIpc) is 2.44. The Morgan fingerprint density at radius 1 is 1.38 bits per heavy atom. The molecule has 0 atom stereocenters. The van der Waals surface area contributed by atoms with Gasteiger partial charge in [-0.2, -0.15) is 11.8 Å². The number of carbonyl (C=O) groups excluding carboxylic acids is 1. The number of thioether (sulfide) groups is 1. The normalized spacial score (nSPS) is 15.3. The number of anilines is 1. The number of amides is 1. The van der Waals surface area contributed by atoms with Crippen LogP contribution in [0.1, 0.15) is 17.5 Å². The van der Waals surface area contributed by atoms with Crippen LogP contribution in [-0.4, -0.2) is 41.9 Å². The Morgan fingerprint density at radius 3 is 2.76 bits per heavy atom. The van der Waals surface area contributed by atoms with Crippen LogP contribution in [0, 0.1) is 6.92 Å². The predicted molar refractivity (Wildman–Crippen MR) is 93.3 cm³/mol. The molecule has 2 rings (SSSR count). The van der Waals surface area contributed by atoms with E-state index in [-0.39, 0.29) is 18.3 Å². The third-order valence-corrected chi connectivity index (χ3v) is 4.40. The zero-order valence-corrected chi connectivity index (χ0v) is 14.1. The number of aryl methyl sites for hydroxylation is 1. The second kappa shape index (κ2) is 9.30. The molecular formula is C15H24ClN3OS. The molecule has 1 fully saturated rings. The lowest BCUT2D eigenvalue weighted by Crippen LogP contribution is -2.32. The van der Waals surface area contributed by atoms with Gasteiger partial charge in [-0.3, -0.25) is 9.69 Å². The van der Waals surface area contributed by atoms with Crippen LogP contribution in [0.25, 0.3) is 0 Å². The van der Waals surface area contributed by atoms with E-state index in [9.17, 15) is 4.79 Å². The molecule has 4 nitrogen and oxygen atoms in total. The van der Waals surface area contributed by atoms with E-state index in [0.29, 0.717) is 13.0 Å². The zero-order chi connectivity index (χ0) is 14.4. The van der Waals surface area contributed by atoms with Gasteiger partial charge in [0.25, 0.3) is 0 Å². The van der Waals surface area contributed by atoms with Crippen LogP contribution >= 0.6 is 24.2 Å². The molecule has 0 bridgehead atoms. The summed E-state index contributed by atoms with van der Waals surface area (Å²) in [5, 5.41) is 2.95. The maximum absolute atomic E-state index is 11.7. The lowest BCUT2D eigenvalue weighted by Gasteiger charge is -2.26. The van der Waals surface area contributed by atoms with E-state index >= 15 is 0 Å². The molecule has 1 aromatic rings. The Morgan fingerprint density at radius 2 is 2.10 bits per heavy atom. The average molecular weight is 330 g/mol. The van der Waals surface area contributed by atoms with E-state index in [4.69, 9.17) is 5.73 Å². The summed E-state index contributed by atoms with van der Waals surface area (Å²) in [5.74, 6) is 2.42. The van der Waals surface area contributed by atoms with E-state index in [1.54, 1.807) is 0 Å². The maximum Gasteiger partial charge on any atom is 0.225 e. The molecule has 1 saturated heterocycles. The van der Waals surface area contributed by atoms with Gasteiger partial charge in [-0.15, -0.1) is 12.4 Å². The molecule has 21 heavy (non-hydrogen) atoms. The third kappa shape index (κ3) is 5.87. The number of rotatable bonds is 5. The Labute approximate surface area is 137 Å². The van der Waals surface area contributed by atoms with E-state index in [1.165, 1.54) is 17.1 Å². The van der Waals surface area contributed by atoms with Crippen LogP contribution in [0.2, 0.25) is 0 Å². The number of benzene rings is 1. The zero-order valence-electron chi connectivity index (χ0n) is 12.4. The minimum atomic E-state index is -0.0119. The minimum absolute atomic E-state index is 0. The lowest BCUT2D eigenvalue weighted by atomic mass is 10.1. The molecule has 0 unspecified atom stereocenters. The van der Waals surface area contributed by atoms with Crippen molar-refractivity contribution in [1.82, 2.24) is 4.90 Å². The highest BCUT2D eigenvalue weighted by Gasteiger charge is 2.12. The molecule has 1 aliphatic rings. The molecule has 0 spiro atoms. The molecule has 1 aromatic carbocycles. The van der Waals surface area contributed by atoms with Crippen molar-refractivity contribution >= 4 is 35.8 Å². The first-order valence-corrected chi connectivity index (χ1v) is 8.24. The SMILES string of the molecule is Cc1ccc(CN2CCSCC2)cc1NC(=O)CCN.Cl. The van der Waals surface area contributed by atoms with Gasteiger partial charge in [-0.05, 0) is 24.1 Å². The molecule has 0 aliphatic carbocycles. The van der Waals surface area contributed by atoms with Gasteiger partial charge in [-0.1, -0.05) is 12.1 Å². The van der Waals surface area contributed by atoms with E-state index in [0.717, 1.165) is 30.9 Å². The maximum atomic E-state index is 11.7. The largest absolute Gasteiger partial charge is 0.330 e. The fourth-order valence-corrected chi connectivity index (χ4v) is 3.24. The Hall–Kier alpha value is -0.750. The minimum Gasteiger partial charge on any atom is -0.330 e. The summed E-state index contributed by atoms with van der Waals surface area (Å²) in [7, 11) is 0. The van der Waals surface area contributed by atoms with Crippen LogP contribution in [0.3, 0.4) is 0 Å². The highest BCUT2D eigenvalue weighted by Crippen LogP contribution is 2.19. The quantitative estimate of drug-likeness (QED) is 0.870. The summed E-state index contributed by atoms with van der Waals surface area (Å²) in [6, 6.07) is 6.31. The van der Waals surface area contributed by atoms with Gasteiger partial charge in [0.2, 0.25) is 5.91 Å². The summed E-state index contributed by atoms with van der Waals surface area (Å²) >= 11 is 2.02. The van der Waals surface area contributed by atoms with Crippen molar-refractivity contribution in [3.8, 4) is 0 Å². The van der Waals surface area contributed by atoms with Gasteiger partial charge in [0.15, 0.2) is 0 Å². The van der Waals surface area contributed by atoms with Crippen molar-refractivity contribution in [2.45, 2.75) is 19.9 Å². The first-order chi connectivity index (χ1) is 9.69. The van der Waals surface area contributed by atoms with E-state index in [2.05, 4.69) is 28.4 Å². The van der Waals surface area contributed by atoms with Gasteiger partial charge in [0, 0.05) is 49.8 Å². The number of carbonyl (C=O) groups is 1. The summed E-state index contributed by atoms with van der Waals surface area (Å²) in [6.07, 6.45) is 0.368. The first-order valence-electron chi connectivity index (χ1n) is 7.08. The van der Waals surface area contributed by atoms with Crippen molar-refractivity contribution < 1.29 is 4.79 Å². The van der Waals surface area contributed by atoms with Crippen LogP contribution in [0.5, 0.6) is 0 Å². The fourth-order valence-electron chi connectivity index (χ4n) is 2.26. The number of hydrogen-bond acceptors (Lipinski definition) is 4. The highest BCUT2D eigenvalue weighted by molar-refractivity contribution is 7.99. The molecule has 0 aromatic heterocycles. The molecule has 6 heteroatoms. The summed E-state index contributed by atoms with van der Waals surface area (Å²) in [5.41, 5.74) is 8.66. The predicted octanol–water partition coefficient (Wildman–Crippen LogP) is 2.25. The second-order valence-corrected chi connectivity index (χ2v) is 6.35. The summed E-state index contributed by atoms with van der Waals surface area (Å²) in [4.78, 5) is 14.1. The van der Waals surface area contributed by atoms with Crippen molar-refractivity contribution in [2.24, 2.45) is 5.73 Å². The van der Waals surface area contributed by atoms with Crippen LogP contribution in [-0.2, 0) is 11.3 Å². The number of hydrogen-bond donors (Lipinski definition) is 2. The molecule has 0 saturated carbocycles. The molecule has 0 radical (unpaired) electrons. The van der Waals surface area contributed by atoms with Gasteiger partial charge in [-0.25, -0.2) is 0 Å². The van der Waals surface area contributed by atoms with Crippen molar-refractivity contribution in [2.75, 3.05) is 36.5 Å². The van der Waals surface area contributed by atoms with Gasteiger partial charge in [0.1, 0.15) is 0 Å². The Bertz CT molecular complexity index is 464. The molecular weight excluding hydrogens is 306 g/mol. The first kappa shape index (κ1) is 18.3. The number of nitrogens with two attached hydrogens (primary N) is 1. The lowest BCUT2D eigenvalue weighted by molar-refractivity contribution is -0.116. The van der Waals surface area contributed by atoms with Crippen molar-refractivity contribution in [3.05, 3.63) is 29.3 Å². The Balaban J connectivity index is 0.00000220. The van der Waals surface area contributed by atoms with Gasteiger partial charge >= 0.3 is 0 Å². The molecule has 1 aliphatic heterocycles. The summed E-state index contributed by atoms with van der Waals surface area (Å²) in [6.45, 7) is 5.65. The van der Waals surface area contributed by atoms with Crippen LogP contribution < -0.4 is 11.1 Å². The molecule has 1 heterocycles. The van der Waals surface area contributed by atoms with Crippen LogP contribution in [0.4, 0.5) is 5.69 Å². The van der Waals surface area contributed by atoms with Crippen molar-refractivity contribution in [1.29, 1.82) is 0 Å². The fraction of sp³-hybridized carbons (Fsp3) is 0.533. The molecule has 1 amide bonds. The van der Waals surface area contributed by atoms with E-state index in [1.807, 2.05) is 18.7 Å². The smallest absolute Gasteiger partial charge is 0.225 e. The third-order valence-electron chi connectivity index (χ3n) is 3.46. The van der Waals surface area contributed by atoms with E-state index < -0.39 is 0 Å². The van der Waals surface area contributed by atoms with Crippen molar-refractivity contribution in [3.63, 3.8) is 0 Å². The second-order valence-electron chi connectivity index (χ2n) is 5.12. The standard InChI is InChI=1S/C15H23N3OS.ClH/c1-12-2-3-13(11-18-6-8-20-9-7-18)10-14(12)17-15(19)4-5-16;/h2-3,10H,4-9,11,16H2,1H3,(H,17,19);1H. The Kier molecular flexibility index (Phi) is 8.11. The van der Waals surface area contributed by atoms with Gasteiger partial charge in [0.05, 0.1) is 0 Å². The monoisotopic (exact) mass is 329 g/mol. The highest BCUT2D eigenvalue weighted by atomic mass is 35.5. The van der Waals surface area contributed by atoms with Gasteiger partial charge < -0.3 is 11.1 Å². The summed E-state index contributed by atoms with van der Waals surface area (Å²) < 4.78 is 0. The molecule has 3 N–H and O–H groups in total. The number of nitrogens with zero attached hydrogens (tertiary/aromatic N) is 1. The molecule has 118 valence electrons. The number of halogens is 1. The number of nitrogens with one attached hydrogen (secondary N) is 1. The van der Waals surface area contributed by atoms with Crippen LogP contribution in [0.15, 0.2) is 18.2 Å².